The normalized spacial score (nSPS) is 21.3. The van der Waals surface area contributed by atoms with E-state index in [1.807, 2.05) is 0 Å². The van der Waals surface area contributed by atoms with Crippen molar-refractivity contribution in [2.45, 2.75) is 25.8 Å². The van der Waals surface area contributed by atoms with Crippen molar-refractivity contribution in [3.8, 4) is 0 Å². The fourth-order valence-electron chi connectivity index (χ4n) is 3.48. The number of rotatable bonds is 3. The zero-order chi connectivity index (χ0) is 14.8. The van der Waals surface area contributed by atoms with Crippen LogP contribution in [0.5, 0.6) is 0 Å². The number of piperidine rings is 1. The van der Waals surface area contributed by atoms with Crippen LogP contribution in [0.2, 0.25) is 0 Å². The average molecular weight is 298 g/mol. The second-order valence-corrected chi connectivity index (χ2v) is 6.59. The molecule has 21 heavy (non-hydrogen) atoms. The van der Waals surface area contributed by atoms with E-state index < -0.39 is 0 Å². The number of fused-ring (bicyclic) bond motifs is 1. The van der Waals surface area contributed by atoms with Crippen molar-refractivity contribution >= 4 is 28.0 Å². The molecule has 2 N–H and O–H groups in total. The first-order valence-corrected chi connectivity index (χ1v) is 8.08. The van der Waals surface area contributed by atoms with Gasteiger partial charge in [-0.05, 0) is 41.6 Å². The van der Waals surface area contributed by atoms with Gasteiger partial charge in [0.1, 0.15) is 0 Å². The minimum absolute atomic E-state index is 0.0499. The summed E-state index contributed by atoms with van der Waals surface area (Å²) in [6, 6.07) is 15.0. The van der Waals surface area contributed by atoms with Gasteiger partial charge < -0.3 is 5.73 Å². The Bertz CT molecular complexity index is 647. The molecular formula is C18H22N2S. The number of likely N-dealkylation sites (tertiary alicyclic amines) is 1. The summed E-state index contributed by atoms with van der Waals surface area (Å²) in [5.41, 5.74) is 7.37. The molecule has 2 nitrogen and oxygen atoms in total. The standard InChI is InChI=1S/C18H22N2S/c1-13-6-5-11-20(12-13)17(18(19)21)16-10-4-8-14-7-2-3-9-15(14)16/h2-4,7-10,13,17H,5-6,11-12H2,1H3,(H2,19,21). The molecule has 3 rings (SSSR count). The van der Waals surface area contributed by atoms with Crippen LogP contribution in [0.15, 0.2) is 42.5 Å². The zero-order valence-corrected chi connectivity index (χ0v) is 13.3. The molecule has 0 radical (unpaired) electrons. The first kappa shape index (κ1) is 14.5. The Kier molecular flexibility index (Phi) is 4.22. The van der Waals surface area contributed by atoms with Gasteiger partial charge in [0.2, 0.25) is 0 Å². The van der Waals surface area contributed by atoms with Gasteiger partial charge >= 0.3 is 0 Å². The third-order valence-electron chi connectivity index (χ3n) is 4.44. The highest BCUT2D eigenvalue weighted by Gasteiger charge is 2.28. The summed E-state index contributed by atoms with van der Waals surface area (Å²) < 4.78 is 0. The van der Waals surface area contributed by atoms with Crippen LogP contribution in [-0.2, 0) is 0 Å². The highest BCUT2D eigenvalue weighted by molar-refractivity contribution is 7.80. The van der Waals surface area contributed by atoms with E-state index in [2.05, 4.69) is 54.3 Å². The van der Waals surface area contributed by atoms with E-state index in [1.54, 1.807) is 0 Å². The molecule has 0 aromatic heterocycles. The summed E-state index contributed by atoms with van der Waals surface area (Å²) >= 11 is 5.42. The predicted molar refractivity (Wildman–Crippen MR) is 93.4 cm³/mol. The van der Waals surface area contributed by atoms with E-state index in [-0.39, 0.29) is 6.04 Å². The van der Waals surface area contributed by atoms with E-state index in [0.717, 1.165) is 13.1 Å². The van der Waals surface area contributed by atoms with Crippen molar-refractivity contribution in [1.29, 1.82) is 0 Å². The molecule has 0 spiro atoms. The van der Waals surface area contributed by atoms with Gasteiger partial charge in [0.05, 0.1) is 11.0 Å². The van der Waals surface area contributed by atoms with Gasteiger partial charge in [-0.2, -0.15) is 0 Å². The molecule has 2 aromatic rings. The molecule has 110 valence electrons. The van der Waals surface area contributed by atoms with Crippen LogP contribution >= 0.6 is 12.2 Å². The molecule has 1 aliphatic heterocycles. The quantitative estimate of drug-likeness (QED) is 0.871. The highest BCUT2D eigenvalue weighted by atomic mass is 32.1. The summed E-state index contributed by atoms with van der Waals surface area (Å²) in [6.07, 6.45) is 2.53. The fraction of sp³-hybridized carbons (Fsp3) is 0.389. The maximum Gasteiger partial charge on any atom is 0.0948 e. The van der Waals surface area contributed by atoms with Gasteiger partial charge in [-0.1, -0.05) is 61.6 Å². The van der Waals surface area contributed by atoms with Crippen LogP contribution in [-0.4, -0.2) is 23.0 Å². The van der Waals surface area contributed by atoms with Crippen LogP contribution in [0.4, 0.5) is 0 Å². The van der Waals surface area contributed by atoms with Gasteiger partial charge in [-0.15, -0.1) is 0 Å². The summed E-state index contributed by atoms with van der Waals surface area (Å²) in [5, 5.41) is 2.51. The Balaban J connectivity index is 2.05. The van der Waals surface area contributed by atoms with Crippen molar-refractivity contribution in [3.63, 3.8) is 0 Å². The first-order chi connectivity index (χ1) is 10.2. The summed E-state index contributed by atoms with van der Waals surface area (Å²) in [7, 11) is 0. The minimum Gasteiger partial charge on any atom is -0.392 e. The second kappa shape index (κ2) is 6.12. The Labute approximate surface area is 131 Å². The lowest BCUT2D eigenvalue weighted by atomic mass is 9.93. The fourth-order valence-corrected chi connectivity index (χ4v) is 3.76. The van der Waals surface area contributed by atoms with Gasteiger partial charge in [-0.3, -0.25) is 4.90 Å². The topological polar surface area (TPSA) is 29.3 Å². The number of benzene rings is 2. The predicted octanol–water partition coefficient (Wildman–Crippen LogP) is 3.90. The van der Waals surface area contributed by atoms with Gasteiger partial charge in [0, 0.05) is 6.54 Å². The van der Waals surface area contributed by atoms with Crippen LogP contribution in [0.3, 0.4) is 0 Å². The number of hydrogen-bond acceptors (Lipinski definition) is 2. The largest absolute Gasteiger partial charge is 0.392 e. The Hall–Kier alpha value is -1.45. The van der Waals surface area contributed by atoms with Gasteiger partial charge in [0.15, 0.2) is 0 Å². The van der Waals surface area contributed by atoms with Gasteiger partial charge in [0.25, 0.3) is 0 Å². The molecule has 2 unspecified atom stereocenters. The number of nitrogens with two attached hydrogens (primary N) is 1. The van der Waals surface area contributed by atoms with Crippen molar-refractivity contribution in [3.05, 3.63) is 48.0 Å². The van der Waals surface area contributed by atoms with E-state index in [1.165, 1.54) is 29.2 Å². The third kappa shape index (κ3) is 2.94. The highest BCUT2D eigenvalue weighted by Crippen LogP contribution is 2.31. The molecule has 1 aliphatic rings. The number of thiocarbonyl (C=S) groups is 1. The molecule has 0 aliphatic carbocycles. The van der Waals surface area contributed by atoms with E-state index in [9.17, 15) is 0 Å². The van der Waals surface area contributed by atoms with Crippen LogP contribution in [0, 0.1) is 5.92 Å². The minimum atomic E-state index is 0.0499. The summed E-state index contributed by atoms with van der Waals surface area (Å²) in [5.74, 6) is 0.713. The monoisotopic (exact) mass is 298 g/mol. The molecule has 0 saturated carbocycles. The maximum atomic E-state index is 6.13. The van der Waals surface area contributed by atoms with E-state index in [4.69, 9.17) is 18.0 Å². The molecule has 1 heterocycles. The Morgan fingerprint density at radius 2 is 2.00 bits per heavy atom. The molecule has 0 bridgehead atoms. The van der Waals surface area contributed by atoms with Gasteiger partial charge in [-0.25, -0.2) is 0 Å². The maximum absolute atomic E-state index is 6.13. The molecule has 1 fully saturated rings. The SMILES string of the molecule is CC1CCCN(C(C(N)=S)c2cccc3ccccc23)C1. The lowest BCUT2D eigenvalue weighted by Crippen LogP contribution is -2.42. The molecular weight excluding hydrogens is 276 g/mol. The van der Waals surface area contributed by atoms with Crippen molar-refractivity contribution in [2.24, 2.45) is 11.7 Å². The van der Waals surface area contributed by atoms with Crippen LogP contribution < -0.4 is 5.73 Å². The molecule has 1 saturated heterocycles. The molecule has 3 heteroatoms. The van der Waals surface area contributed by atoms with E-state index >= 15 is 0 Å². The third-order valence-corrected chi connectivity index (χ3v) is 4.66. The molecule has 2 atom stereocenters. The Morgan fingerprint density at radius 1 is 1.24 bits per heavy atom. The Morgan fingerprint density at radius 3 is 2.76 bits per heavy atom. The zero-order valence-electron chi connectivity index (χ0n) is 12.5. The lowest BCUT2D eigenvalue weighted by Gasteiger charge is -2.37. The summed E-state index contributed by atoms with van der Waals surface area (Å²) in [6.45, 7) is 4.46. The molecule has 2 aromatic carbocycles. The first-order valence-electron chi connectivity index (χ1n) is 7.68. The van der Waals surface area contributed by atoms with E-state index in [0.29, 0.717) is 10.9 Å². The number of hydrogen-bond donors (Lipinski definition) is 1. The smallest absolute Gasteiger partial charge is 0.0948 e. The summed E-state index contributed by atoms with van der Waals surface area (Å²) in [4.78, 5) is 3.04. The van der Waals surface area contributed by atoms with Crippen LogP contribution in [0.1, 0.15) is 31.4 Å². The van der Waals surface area contributed by atoms with Crippen LogP contribution in [0.25, 0.3) is 10.8 Å². The van der Waals surface area contributed by atoms with Crippen molar-refractivity contribution < 1.29 is 0 Å². The lowest BCUT2D eigenvalue weighted by molar-refractivity contribution is 0.163. The second-order valence-electron chi connectivity index (χ2n) is 6.12. The van der Waals surface area contributed by atoms with Crippen molar-refractivity contribution in [2.75, 3.05) is 13.1 Å². The number of nitrogens with zero attached hydrogens (tertiary/aromatic N) is 1. The molecule has 0 amide bonds. The average Bonchev–Trinajstić information content (AvgIpc) is 2.47. The van der Waals surface area contributed by atoms with Crippen molar-refractivity contribution in [1.82, 2.24) is 4.90 Å².